The third kappa shape index (κ3) is 39.3. The van der Waals surface area contributed by atoms with Crippen LogP contribution in [0.4, 0.5) is 0 Å². The Balaban J connectivity index is 4.01. The van der Waals surface area contributed by atoms with Gasteiger partial charge in [-0.15, -0.1) is 0 Å². The lowest BCUT2D eigenvalue weighted by atomic mass is 10.1. The summed E-state index contributed by atoms with van der Waals surface area (Å²) in [6, 6.07) is -1.09. The van der Waals surface area contributed by atoms with Crippen LogP contribution in [-0.4, -0.2) is 41.9 Å². The fourth-order valence-corrected chi connectivity index (χ4v) is 6.89. The standard InChI is InChI=1S/C45H81NO5S/c1-3-5-7-9-11-13-15-17-19-21-23-24-26-28-30-32-34-36-38-40-44(47)43(42-52(49,50)51)46-45(48)41-39-37-35-33-31-29-27-25-22-20-18-16-14-12-10-8-6-4-2/h14,16,20,22-24,30,32,38,40,43-44,47H,3-13,15,17-19,21,25-29,31,33-37,39,41-42H2,1-2H3,(H,46,48)(H,49,50,51)/b16-14-,22-20-,24-23+,32-30+,40-38+. The van der Waals surface area contributed by atoms with Crippen LogP contribution in [0.15, 0.2) is 60.8 Å². The molecule has 0 bridgehead atoms. The average molecular weight is 748 g/mol. The maximum absolute atomic E-state index is 12.5. The molecule has 52 heavy (non-hydrogen) atoms. The molecule has 7 heteroatoms. The topological polar surface area (TPSA) is 104 Å². The molecule has 0 rings (SSSR count). The third-order valence-electron chi connectivity index (χ3n) is 9.39. The second-order valence-electron chi connectivity index (χ2n) is 14.6. The zero-order valence-corrected chi connectivity index (χ0v) is 34.5. The molecule has 0 aliphatic carbocycles. The van der Waals surface area contributed by atoms with E-state index in [9.17, 15) is 22.9 Å². The van der Waals surface area contributed by atoms with Gasteiger partial charge in [0, 0.05) is 6.42 Å². The first-order valence-corrected chi connectivity index (χ1v) is 23.1. The largest absolute Gasteiger partial charge is 0.387 e. The van der Waals surface area contributed by atoms with Crippen molar-refractivity contribution < 1.29 is 22.9 Å². The third-order valence-corrected chi connectivity index (χ3v) is 10.2. The first-order chi connectivity index (χ1) is 25.3. The summed E-state index contributed by atoms with van der Waals surface area (Å²) >= 11 is 0. The lowest BCUT2D eigenvalue weighted by Crippen LogP contribution is -2.46. The van der Waals surface area contributed by atoms with Gasteiger partial charge in [-0.3, -0.25) is 9.35 Å². The highest BCUT2D eigenvalue weighted by molar-refractivity contribution is 7.85. The highest BCUT2D eigenvalue weighted by atomic mass is 32.2. The number of carbonyl (C=O) groups is 1. The van der Waals surface area contributed by atoms with Crippen molar-refractivity contribution in [2.75, 3.05) is 5.75 Å². The van der Waals surface area contributed by atoms with E-state index in [-0.39, 0.29) is 12.3 Å². The van der Waals surface area contributed by atoms with Gasteiger partial charge in [-0.25, -0.2) is 0 Å². The Bertz CT molecular complexity index is 1050. The van der Waals surface area contributed by atoms with Crippen LogP contribution in [-0.2, 0) is 14.9 Å². The van der Waals surface area contributed by atoms with E-state index in [1.807, 2.05) is 0 Å². The summed E-state index contributed by atoms with van der Waals surface area (Å²) in [5, 5.41) is 13.2. The number of nitrogens with one attached hydrogen (secondary N) is 1. The number of rotatable bonds is 38. The van der Waals surface area contributed by atoms with Crippen molar-refractivity contribution >= 4 is 16.0 Å². The van der Waals surface area contributed by atoms with Crippen LogP contribution in [0, 0.1) is 0 Å². The highest BCUT2D eigenvalue weighted by Gasteiger charge is 2.24. The molecule has 0 fully saturated rings. The van der Waals surface area contributed by atoms with E-state index in [1.165, 1.54) is 122 Å². The Morgan fingerprint density at radius 3 is 1.35 bits per heavy atom. The van der Waals surface area contributed by atoms with Gasteiger partial charge in [-0.2, -0.15) is 8.42 Å². The van der Waals surface area contributed by atoms with E-state index in [1.54, 1.807) is 6.08 Å². The summed E-state index contributed by atoms with van der Waals surface area (Å²) in [6.07, 6.45) is 53.5. The summed E-state index contributed by atoms with van der Waals surface area (Å²) in [7, 11) is -4.36. The Labute approximate surface area is 321 Å². The van der Waals surface area contributed by atoms with Gasteiger partial charge in [0.2, 0.25) is 5.91 Å². The maximum Gasteiger partial charge on any atom is 0.267 e. The quantitative estimate of drug-likeness (QED) is 0.0331. The van der Waals surface area contributed by atoms with Crippen molar-refractivity contribution in [3.63, 3.8) is 0 Å². The molecular formula is C45H81NO5S. The first-order valence-electron chi connectivity index (χ1n) is 21.5. The minimum absolute atomic E-state index is 0.273. The fourth-order valence-electron chi connectivity index (χ4n) is 6.16. The number of hydrogen-bond acceptors (Lipinski definition) is 4. The Morgan fingerprint density at radius 1 is 0.519 bits per heavy atom. The van der Waals surface area contributed by atoms with Gasteiger partial charge in [0.1, 0.15) is 0 Å². The average Bonchev–Trinajstić information content (AvgIpc) is 3.11. The molecule has 0 aliphatic rings. The van der Waals surface area contributed by atoms with E-state index >= 15 is 0 Å². The zero-order valence-electron chi connectivity index (χ0n) is 33.7. The van der Waals surface area contributed by atoms with Crippen LogP contribution in [0.1, 0.15) is 200 Å². The normalized spacial score (nSPS) is 13.8. The molecule has 1 amide bonds. The van der Waals surface area contributed by atoms with Crippen LogP contribution in [0.5, 0.6) is 0 Å². The molecule has 0 saturated carbocycles. The van der Waals surface area contributed by atoms with Gasteiger partial charge in [0.15, 0.2) is 0 Å². The summed E-state index contributed by atoms with van der Waals surface area (Å²) in [5.41, 5.74) is 0. The summed E-state index contributed by atoms with van der Waals surface area (Å²) in [5.74, 6) is -1.02. The van der Waals surface area contributed by atoms with E-state index < -0.39 is 28.0 Å². The van der Waals surface area contributed by atoms with E-state index in [0.29, 0.717) is 12.8 Å². The van der Waals surface area contributed by atoms with Crippen LogP contribution in [0.2, 0.25) is 0 Å². The number of aliphatic hydroxyl groups is 1. The molecule has 0 spiro atoms. The van der Waals surface area contributed by atoms with Crippen molar-refractivity contribution in [2.45, 2.75) is 212 Å². The Hall–Kier alpha value is -1.96. The Morgan fingerprint density at radius 2 is 0.885 bits per heavy atom. The fraction of sp³-hybridized carbons (Fsp3) is 0.756. The van der Waals surface area contributed by atoms with Crippen molar-refractivity contribution in [3.05, 3.63) is 60.8 Å². The molecule has 3 N–H and O–H groups in total. The lowest BCUT2D eigenvalue weighted by molar-refractivity contribution is -0.122. The molecule has 0 radical (unpaired) electrons. The second kappa shape index (κ2) is 38.8. The minimum atomic E-state index is -4.36. The Kier molecular flexibility index (Phi) is 37.3. The summed E-state index contributed by atoms with van der Waals surface area (Å²) < 4.78 is 32.5. The molecule has 2 unspecified atom stereocenters. The van der Waals surface area contributed by atoms with E-state index in [4.69, 9.17) is 0 Å². The molecule has 0 aromatic carbocycles. The monoisotopic (exact) mass is 748 g/mol. The smallest absolute Gasteiger partial charge is 0.267 e. The molecule has 0 saturated heterocycles. The van der Waals surface area contributed by atoms with Crippen LogP contribution in [0.25, 0.3) is 0 Å². The molecule has 2 atom stereocenters. The number of allylic oxidation sites excluding steroid dienone is 9. The second-order valence-corrected chi connectivity index (χ2v) is 16.1. The van der Waals surface area contributed by atoms with Gasteiger partial charge >= 0.3 is 0 Å². The number of amides is 1. The number of carbonyl (C=O) groups excluding carboxylic acids is 1. The number of unbranched alkanes of at least 4 members (excludes halogenated alkanes) is 22. The molecular weight excluding hydrogens is 667 g/mol. The molecule has 0 heterocycles. The molecule has 6 nitrogen and oxygen atoms in total. The van der Waals surface area contributed by atoms with Gasteiger partial charge in [-0.1, -0.05) is 177 Å². The number of aliphatic hydroxyl groups excluding tert-OH is 1. The van der Waals surface area contributed by atoms with Crippen molar-refractivity contribution in [3.8, 4) is 0 Å². The van der Waals surface area contributed by atoms with Crippen LogP contribution in [0.3, 0.4) is 0 Å². The van der Waals surface area contributed by atoms with Crippen LogP contribution < -0.4 is 5.32 Å². The van der Waals surface area contributed by atoms with Gasteiger partial charge in [0.05, 0.1) is 17.9 Å². The molecule has 302 valence electrons. The zero-order chi connectivity index (χ0) is 38.2. The predicted octanol–water partition coefficient (Wildman–Crippen LogP) is 12.9. The first kappa shape index (κ1) is 50.0. The van der Waals surface area contributed by atoms with Crippen molar-refractivity contribution in [1.82, 2.24) is 5.32 Å². The minimum Gasteiger partial charge on any atom is -0.387 e. The van der Waals surface area contributed by atoms with Crippen molar-refractivity contribution in [1.29, 1.82) is 0 Å². The predicted molar refractivity (Wildman–Crippen MR) is 225 cm³/mol. The van der Waals surface area contributed by atoms with Crippen LogP contribution >= 0.6 is 0 Å². The molecule has 0 aromatic rings. The SMILES string of the molecule is CCCCCC/C=C\C/C=C\CCCCCCCCCC(=O)NC(CS(=O)(=O)O)C(O)/C=C/CC/C=C/CC/C=C/CCCCCCCCCCC. The lowest BCUT2D eigenvalue weighted by Gasteiger charge is -2.21. The van der Waals surface area contributed by atoms with Gasteiger partial charge in [-0.05, 0) is 77.0 Å². The van der Waals surface area contributed by atoms with Gasteiger partial charge in [0.25, 0.3) is 10.1 Å². The molecule has 0 aliphatic heterocycles. The summed E-state index contributed by atoms with van der Waals surface area (Å²) in [6.45, 7) is 4.51. The van der Waals surface area contributed by atoms with E-state index in [2.05, 4.69) is 67.8 Å². The molecule has 0 aromatic heterocycles. The highest BCUT2D eigenvalue weighted by Crippen LogP contribution is 2.13. The van der Waals surface area contributed by atoms with Gasteiger partial charge < -0.3 is 10.4 Å². The maximum atomic E-state index is 12.5. The van der Waals surface area contributed by atoms with E-state index in [0.717, 1.165) is 51.4 Å². The van der Waals surface area contributed by atoms with Crippen molar-refractivity contribution in [2.24, 2.45) is 0 Å². The summed E-state index contributed by atoms with van der Waals surface area (Å²) in [4.78, 5) is 12.5. The number of hydrogen-bond donors (Lipinski definition) is 3.